The monoisotopic (exact) mass is 451 g/mol. The van der Waals surface area contributed by atoms with Gasteiger partial charge in [0.25, 0.3) is 0 Å². The molecule has 5 nitrogen and oxygen atoms in total. The number of nitrogens with two attached hydrogens (primary N) is 1. The van der Waals surface area contributed by atoms with Crippen molar-refractivity contribution in [2.24, 2.45) is 16.6 Å². The van der Waals surface area contributed by atoms with Gasteiger partial charge in [-0.1, -0.05) is 24.3 Å². The van der Waals surface area contributed by atoms with Crippen LogP contribution in [0, 0.1) is 5.92 Å². The molecule has 0 radical (unpaired) electrons. The van der Waals surface area contributed by atoms with Gasteiger partial charge in [-0.3, -0.25) is 0 Å². The summed E-state index contributed by atoms with van der Waals surface area (Å²) in [4.78, 5) is 4.68. The molecule has 3 unspecified atom stereocenters. The quantitative estimate of drug-likeness (QED) is 0.425. The average molecular weight is 451 g/mol. The van der Waals surface area contributed by atoms with E-state index in [0.29, 0.717) is 35.3 Å². The Bertz CT molecular complexity index is 809. The molecule has 3 N–H and O–H groups in total. The third-order valence-corrected chi connectivity index (χ3v) is 4.94. The first-order valence-corrected chi connectivity index (χ1v) is 8.11. The van der Waals surface area contributed by atoms with E-state index < -0.39 is 0 Å². The summed E-state index contributed by atoms with van der Waals surface area (Å²) < 4.78 is 10.5. The van der Waals surface area contributed by atoms with Crippen molar-refractivity contribution in [3.8, 4) is 11.5 Å². The standard InChI is InChI=1S/C19H21N3O2.HI/c1-23-15-8-7-12(10-16(15)24-2)21-19(20)22-18-14-9-11-5-3-4-6-13(11)17(14)18;/h3-8,10,14,17-18H,9H2,1-2H3,(H3,20,21,22);1H. The van der Waals surface area contributed by atoms with Crippen LogP contribution in [0.1, 0.15) is 17.0 Å². The number of halogens is 1. The number of aliphatic imine (C=N–C) groups is 1. The number of benzene rings is 2. The lowest BCUT2D eigenvalue weighted by Crippen LogP contribution is -2.23. The molecule has 3 atom stereocenters. The highest BCUT2D eigenvalue weighted by atomic mass is 127. The maximum atomic E-state index is 6.10. The molecule has 0 heterocycles. The number of guanidine groups is 1. The SMILES string of the molecule is COc1ccc(NC(N)=NC2C3Cc4ccccc4C32)cc1OC.I. The molecule has 0 amide bonds. The molecule has 0 aromatic heterocycles. The Morgan fingerprint density at radius 1 is 1.12 bits per heavy atom. The van der Waals surface area contributed by atoms with Crippen molar-refractivity contribution in [3.63, 3.8) is 0 Å². The summed E-state index contributed by atoms with van der Waals surface area (Å²) in [5.74, 6) is 2.93. The van der Waals surface area contributed by atoms with Gasteiger partial charge in [0.05, 0.1) is 20.3 Å². The lowest BCUT2D eigenvalue weighted by Gasteiger charge is -2.11. The molecule has 1 saturated carbocycles. The van der Waals surface area contributed by atoms with Crippen LogP contribution in [0.2, 0.25) is 0 Å². The molecule has 0 saturated heterocycles. The predicted octanol–water partition coefficient (Wildman–Crippen LogP) is 3.39. The molecule has 4 rings (SSSR count). The Labute approximate surface area is 164 Å². The second-order valence-corrected chi connectivity index (χ2v) is 6.29. The third kappa shape index (κ3) is 3.27. The van der Waals surface area contributed by atoms with Crippen molar-refractivity contribution in [2.45, 2.75) is 18.4 Å². The summed E-state index contributed by atoms with van der Waals surface area (Å²) in [5, 5.41) is 3.14. The number of nitrogens with zero attached hydrogens (tertiary/aromatic N) is 1. The molecule has 132 valence electrons. The van der Waals surface area contributed by atoms with Gasteiger partial charge in [0, 0.05) is 17.7 Å². The Morgan fingerprint density at radius 2 is 1.88 bits per heavy atom. The number of ether oxygens (including phenoxy) is 2. The first-order chi connectivity index (χ1) is 11.7. The Balaban J connectivity index is 0.00000182. The Kier molecular flexibility index (Phi) is 5.08. The van der Waals surface area contributed by atoms with Crippen molar-refractivity contribution in [2.75, 3.05) is 19.5 Å². The van der Waals surface area contributed by atoms with Gasteiger partial charge in [0.15, 0.2) is 17.5 Å². The van der Waals surface area contributed by atoms with E-state index in [-0.39, 0.29) is 24.0 Å². The van der Waals surface area contributed by atoms with Crippen LogP contribution in [-0.2, 0) is 6.42 Å². The Morgan fingerprint density at radius 3 is 2.64 bits per heavy atom. The van der Waals surface area contributed by atoms with Crippen molar-refractivity contribution >= 4 is 35.6 Å². The summed E-state index contributed by atoms with van der Waals surface area (Å²) in [7, 11) is 3.23. The first-order valence-electron chi connectivity index (χ1n) is 8.11. The van der Waals surface area contributed by atoms with Gasteiger partial charge in [-0.05, 0) is 35.6 Å². The lowest BCUT2D eigenvalue weighted by molar-refractivity contribution is 0.355. The van der Waals surface area contributed by atoms with Crippen LogP contribution in [0.25, 0.3) is 0 Å². The van der Waals surface area contributed by atoms with E-state index in [9.17, 15) is 0 Å². The second kappa shape index (κ2) is 7.11. The third-order valence-electron chi connectivity index (χ3n) is 4.94. The summed E-state index contributed by atoms with van der Waals surface area (Å²) in [5.41, 5.74) is 9.84. The molecule has 25 heavy (non-hydrogen) atoms. The van der Waals surface area contributed by atoms with E-state index in [0.717, 1.165) is 12.1 Å². The zero-order chi connectivity index (χ0) is 16.7. The van der Waals surface area contributed by atoms with E-state index in [1.807, 2.05) is 18.2 Å². The number of fused-ring (bicyclic) bond motifs is 3. The Hall–Kier alpha value is -1.96. The van der Waals surface area contributed by atoms with Crippen molar-refractivity contribution in [3.05, 3.63) is 53.6 Å². The molecular formula is C19H22IN3O2. The minimum atomic E-state index is 0. The van der Waals surface area contributed by atoms with Crippen LogP contribution in [0.15, 0.2) is 47.5 Å². The van der Waals surface area contributed by atoms with Crippen LogP contribution in [0.3, 0.4) is 0 Å². The minimum absolute atomic E-state index is 0. The minimum Gasteiger partial charge on any atom is -0.493 e. The van der Waals surface area contributed by atoms with E-state index in [1.54, 1.807) is 14.2 Å². The van der Waals surface area contributed by atoms with Gasteiger partial charge in [0.1, 0.15) is 0 Å². The molecule has 6 heteroatoms. The summed E-state index contributed by atoms with van der Waals surface area (Å²) >= 11 is 0. The zero-order valence-electron chi connectivity index (χ0n) is 14.2. The largest absolute Gasteiger partial charge is 0.493 e. The van der Waals surface area contributed by atoms with E-state index >= 15 is 0 Å². The normalized spacial score (nSPS) is 23.1. The van der Waals surface area contributed by atoms with Crippen molar-refractivity contribution in [1.29, 1.82) is 0 Å². The van der Waals surface area contributed by atoms with Gasteiger partial charge in [0.2, 0.25) is 0 Å². The summed E-state index contributed by atoms with van der Waals surface area (Å²) in [6.07, 6.45) is 1.11. The van der Waals surface area contributed by atoms with Gasteiger partial charge in [-0.15, -0.1) is 24.0 Å². The highest BCUT2D eigenvalue weighted by Crippen LogP contribution is 2.58. The van der Waals surface area contributed by atoms with Crippen LogP contribution >= 0.6 is 24.0 Å². The van der Waals surface area contributed by atoms with E-state index in [4.69, 9.17) is 15.2 Å². The molecule has 2 aromatic rings. The molecular weight excluding hydrogens is 429 g/mol. The van der Waals surface area contributed by atoms with Crippen LogP contribution in [-0.4, -0.2) is 26.2 Å². The van der Waals surface area contributed by atoms with Crippen LogP contribution < -0.4 is 20.5 Å². The topological polar surface area (TPSA) is 68.9 Å². The number of rotatable bonds is 4. The average Bonchev–Trinajstić information content (AvgIpc) is 3.11. The van der Waals surface area contributed by atoms with Gasteiger partial charge in [-0.25, -0.2) is 4.99 Å². The summed E-state index contributed by atoms with van der Waals surface area (Å²) in [6, 6.07) is 14.5. The predicted molar refractivity (Wildman–Crippen MR) is 110 cm³/mol. The number of methoxy groups -OCH3 is 2. The van der Waals surface area contributed by atoms with Gasteiger partial charge >= 0.3 is 0 Å². The van der Waals surface area contributed by atoms with Gasteiger partial charge in [-0.2, -0.15) is 0 Å². The van der Waals surface area contributed by atoms with E-state index in [1.165, 1.54) is 11.1 Å². The number of anilines is 1. The molecule has 2 aliphatic carbocycles. The van der Waals surface area contributed by atoms with Crippen molar-refractivity contribution in [1.82, 2.24) is 0 Å². The van der Waals surface area contributed by atoms with Crippen LogP contribution in [0.4, 0.5) is 5.69 Å². The fourth-order valence-corrected chi connectivity index (χ4v) is 3.75. The maximum Gasteiger partial charge on any atom is 0.193 e. The number of hydrogen-bond donors (Lipinski definition) is 2. The molecule has 0 bridgehead atoms. The lowest BCUT2D eigenvalue weighted by atomic mass is 10.1. The van der Waals surface area contributed by atoms with Crippen molar-refractivity contribution < 1.29 is 9.47 Å². The number of hydrogen-bond acceptors (Lipinski definition) is 3. The fraction of sp³-hybridized carbons (Fsp3) is 0.316. The first kappa shape index (κ1) is 17.8. The molecule has 2 aromatic carbocycles. The fourth-order valence-electron chi connectivity index (χ4n) is 3.75. The number of nitrogens with one attached hydrogen (secondary N) is 1. The van der Waals surface area contributed by atoms with Gasteiger partial charge < -0.3 is 20.5 Å². The highest BCUT2D eigenvalue weighted by molar-refractivity contribution is 14.0. The van der Waals surface area contributed by atoms with Crippen LogP contribution in [0.5, 0.6) is 11.5 Å². The zero-order valence-corrected chi connectivity index (χ0v) is 16.6. The molecule has 2 aliphatic rings. The van der Waals surface area contributed by atoms with E-state index in [2.05, 4.69) is 34.6 Å². The molecule has 0 aliphatic heterocycles. The maximum absolute atomic E-state index is 6.10. The highest BCUT2D eigenvalue weighted by Gasteiger charge is 2.55. The smallest absolute Gasteiger partial charge is 0.193 e. The second-order valence-electron chi connectivity index (χ2n) is 6.29. The molecule has 0 spiro atoms. The summed E-state index contributed by atoms with van der Waals surface area (Å²) in [6.45, 7) is 0. The molecule has 1 fully saturated rings.